The summed E-state index contributed by atoms with van der Waals surface area (Å²) in [5, 5.41) is 11.8. The molecular weight excluding hydrogens is 374 g/mol. The van der Waals surface area contributed by atoms with Gasteiger partial charge in [-0.1, -0.05) is 23.7 Å². The van der Waals surface area contributed by atoms with Crippen molar-refractivity contribution in [1.29, 1.82) is 0 Å². The van der Waals surface area contributed by atoms with Gasteiger partial charge in [0, 0.05) is 12.6 Å². The Kier molecular flexibility index (Phi) is 5.23. The highest BCUT2D eigenvalue weighted by Gasteiger charge is 2.49. The van der Waals surface area contributed by atoms with Crippen LogP contribution in [-0.4, -0.2) is 45.4 Å². The van der Waals surface area contributed by atoms with Crippen molar-refractivity contribution in [1.82, 2.24) is 9.88 Å². The number of carboxylic acid groups (broad SMARTS) is 1. The molecule has 0 atom stereocenters. The van der Waals surface area contributed by atoms with Crippen LogP contribution in [0.1, 0.15) is 12.8 Å². The van der Waals surface area contributed by atoms with E-state index in [0.717, 1.165) is 24.0 Å². The Balaban J connectivity index is 1.78. The average molecular weight is 390 g/mol. The van der Waals surface area contributed by atoms with Gasteiger partial charge in [0.1, 0.15) is 17.5 Å². The van der Waals surface area contributed by atoms with Crippen LogP contribution in [0, 0.1) is 0 Å². The number of rotatable bonds is 6. The summed E-state index contributed by atoms with van der Waals surface area (Å²) in [6.07, 6.45) is 2.14. The predicted molar refractivity (Wildman–Crippen MR) is 103 cm³/mol. The first kappa shape index (κ1) is 18.3. The second-order valence-electron chi connectivity index (χ2n) is 6.11. The fraction of sp³-hybridized carbons (Fsp3) is 0.278. The van der Waals surface area contributed by atoms with Gasteiger partial charge in [-0.2, -0.15) is 4.99 Å². The molecular formula is C18H16ClN3O3S. The SMILES string of the molecule is CN(C(=O)O)C1(COc2cnc(Cl)c(-c3ccc(N=C=S)cc3)c2)CC1. The second kappa shape index (κ2) is 7.41. The zero-order valence-corrected chi connectivity index (χ0v) is 15.5. The first-order valence-corrected chi connectivity index (χ1v) is 8.67. The molecule has 0 saturated heterocycles. The van der Waals surface area contributed by atoms with Crippen molar-refractivity contribution in [3.63, 3.8) is 0 Å². The number of pyridine rings is 1. The highest BCUT2D eigenvalue weighted by atomic mass is 35.5. The van der Waals surface area contributed by atoms with Gasteiger partial charge in [0.05, 0.1) is 22.6 Å². The smallest absolute Gasteiger partial charge is 0.407 e. The third kappa shape index (κ3) is 3.85. The summed E-state index contributed by atoms with van der Waals surface area (Å²) >= 11 is 10.8. The number of isothiocyanates is 1. The van der Waals surface area contributed by atoms with Crippen LogP contribution in [0.4, 0.5) is 10.5 Å². The third-order valence-corrected chi connectivity index (χ3v) is 4.89. The van der Waals surface area contributed by atoms with Crippen LogP contribution in [0.5, 0.6) is 5.75 Å². The molecule has 0 unspecified atom stereocenters. The lowest BCUT2D eigenvalue weighted by Gasteiger charge is -2.25. The summed E-state index contributed by atoms with van der Waals surface area (Å²) in [4.78, 5) is 20.6. The number of carbonyl (C=O) groups is 1. The van der Waals surface area contributed by atoms with Gasteiger partial charge in [-0.05, 0) is 48.8 Å². The molecule has 1 heterocycles. The molecule has 0 radical (unpaired) electrons. The molecule has 1 N–H and O–H groups in total. The molecule has 1 aliphatic carbocycles. The largest absolute Gasteiger partial charge is 0.489 e. The number of hydrogen-bond donors (Lipinski definition) is 1. The summed E-state index contributed by atoms with van der Waals surface area (Å²) in [6, 6.07) is 9.13. The van der Waals surface area contributed by atoms with Crippen LogP contribution in [0.3, 0.4) is 0 Å². The molecule has 8 heteroatoms. The highest BCUT2D eigenvalue weighted by Crippen LogP contribution is 2.41. The van der Waals surface area contributed by atoms with Crippen molar-refractivity contribution in [3.05, 3.63) is 41.7 Å². The van der Waals surface area contributed by atoms with Crippen LogP contribution in [0.2, 0.25) is 5.15 Å². The van der Waals surface area contributed by atoms with Gasteiger partial charge in [-0.25, -0.2) is 9.78 Å². The van der Waals surface area contributed by atoms with Gasteiger partial charge in [-0.3, -0.25) is 0 Å². The van der Waals surface area contributed by atoms with E-state index in [1.165, 1.54) is 11.1 Å². The standard InChI is InChI=1S/C18H16ClN3O3S/c1-22(17(23)24)18(6-7-18)10-25-14-8-15(16(19)20-9-14)12-2-4-13(5-3-12)21-11-26/h2-5,8-9H,6-7,10H2,1H3,(H,23,24). The Labute approximate surface area is 161 Å². The van der Waals surface area contributed by atoms with Crippen molar-refractivity contribution < 1.29 is 14.6 Å². The molecule has 3 rings (SSSR count). The van der Waals surface area contributed by atoms with E-state index >= 15 is 0 Å². The van der Waals surface area contributed by atoms with E-state index in [-0.39, 0.29) is 6.61 Å². The molecule has 1 amide bonds. The fourth-order valence-electron chi connectivity index (χ4n) is 2.62. The predicted octanol–water partition coefficient (Wildman–Crippen LogP) is 4.66. The maximum atomic E-state index is 11.2. The van der Waals surface area contributed by atoms with Crippen LogP contribution in [0.25, 0.3) is 11.1 Å². The zero-order valence-electron chi connectivity index (χ0n) is 14.0. The molecule has 134 valence electrons. The quantitative estimate of drug-likeness (QED) is 0.442. The maximum absolute atomic E-state index is 11.2. The minimum absolute atomic E-state index is 0.279. The lowest BCUT2D eigenvalue weighted by Crippen LogP contribution is -2.42. The van der Waals surface area contributed by atoms with Gasteiger partial charge >= 0.3 is 6.09 Å². The second-order valence-corrected chi connectivity index (χ2v) is 6.65. The number of amides is 1. The maximum Gasteiger partial charge on any atom is 0.407 e. The Hall–Kier alpha value is -2.47. The summed E-state index contributed by atoms with van der Waals surface area (Å²) in [7, 11) is 1.56. The molecule has 26 heavy (non-hydrogen) atoms. The summed E-state index contributed by atoms with van der Waals surface area (Å²) in [6.45, 7) is 0.279. The van der Waals surface area contributed by atoms with Crippen LogP contribution < -0.4 is 4.74 Å². The number of hydrogen-bond acceptors (Lipinski definition) is 5. The number of benzene rings is 1. The number of ether oxygens (including phenoxy) is 1. The van der Waals surface area contributed by atoms with Crippen molar-refractivity contribution in [2.45, 2.75) is 18.4 Å². The van der Waals surface area contributed by atoms with Gasteiger partial charge in [0.25, 0.3) is 0 Å². The number of thiocarbonyl (C=S) groups is 1. The molecule has 0 aliphatic heterocycles. The first-order chi connectivity index (χ1) is 12.4. The Bertz CT molecular complexity index is 878. The Morgan fingerprint density at radius 3 is 2.73 bits per heavy atom. The lowest BCUT2D eigenvalue weighted by molar-refractivity contribution is 0.109. The highest BCUT2D eigenvalue weighted by molar-refractivity contribution is 7.78. The minimum Gasteiger partial charge on any atom is -0.489 e. The summed E-state index contributed by atoms with van der Waals surface area (Å²) in [5.41, 5.74) is 1.83. The molecule has 0 spiro atoms. The van der Waals surface area contributed by atoms with Crippen molar-refractivity contribution in [3.8, 4) is 16.9 Å². The molecule has 6 nitrogen and oxygen atoms in total. The topological polar surface area (TPSA) is 75.0 Å². The molecule has 2 aromatic rings. The number of nitrogens with zero attached hydrogens (tertiary/aromatic N) is 3. The zero-order chi connectivity index (χ0) is 18.7. The molecule has 1 aliphatic rings. The number of likely N-dealkylation sites (N-methyl/N-ethyl adjacent to an activating group) is 1. The van der Waals surface area contributed by atoms with E-state index in [1.807, 2.05) is 12.1 Å². The summed E-state index contributed by atoms with van der Waals surface area (Å²) in [5.74, 6) is 0.537. The van der Waals surface area contributed by atoms with E-state index in [4.69, 9.17) is 21.4 Å². The molecule has 1 saturated carbocycles. The van der Waals surface area contributed by atoms with E-state index < -0.39 is 11.6 Å². The van der Waals surface area contributed by atoms with E-state index in [2.05, 4.69) is 27.4 Å². The lowest BCUT2D eigenvalue weighted by atomic mass is 10.1. The van der Waals surface area contributed by atoms with Gasteiger partial charge < -0.3 is 14.7 Å². The van der Waals surface area contributed by atoms with Gasteiger partial charge in [0.2, 0.25) is 0 Å². The van der Waals surface area contributed by atoms with E-state index in [9.17, 15) is 4.79 Å². The summed E-state index contributed by atoms with van der Waals surface area (Å²) < 4.78 is 5.82. The first-order valence-electron chi connectivity index (χ1n) is 7.89. The van der Waals surface area contributed by atoms with Crippen molar-refractivity contribution in [2.24, 2.45) is 4.99 Å². The van der Waals surface area contributed by atoms with Gasteiger partial charge in [-0.15, -0.1) is 0 Å². The molecule has 1 fully saturated rings. The van der Waals surface area contributed by atoms with Crippen LogP contribution in [-0.2, 0) is 0 Å². The minimum atomic E-state index is -0.958. The Morgan fingerprint density at radius 1 is 1.46 bits per heavy atom. The molecule has 1 aromatic carbocycles. The van der Waals surface area contributed by atoms with Crippen molar-refractivity contribution >= 4 is 40.8 Å². The average Bonchev–Trinajstić information content (AvgIpc) is 3.42. The van der Waals surface area contributed by atoms with Gasteiger partial charge in [0.15, 0.2) is 0 Å². The monoisotopic (exact) mass is 389 g/mol. The van der Waals surface area contributed by atoms with E-state index in [0.29, 0.717) is 16.6 Å². The molecule has 0 bridgehead atoms. The fourth-order valence-corrected chi connectivity index (χ4v) is 2.94. The van der Waals surface area contributed by atoms with Crippen LogP contribution in [0.15, 0.2) is 41.5 Å². The number of aliphatic imine (C=N–C) groups is 1. The number of halogens is 1. The normalized spacial score (nSPS) is 14.2. The Morgan fingerprint density at radius 2 is 2.15 bits per heavy atom. The number of aromatic nitrogens is 1. The van der Waals surface area contributed by atoms with Crippen molar-refractivity contribution in [2.75, 3.05) is 13.7 Å². The van der Waals surface area contributed by atoms with E-state index in [1.54, 1.807) is 25.2 Å². The van der Waals surface area contributed by atoms with Crippen LogP contribution >= 0.6 is 23.8 Å². The third-order valence-electron chi connectivity index (χ3n) is 4.50. The molecule has 1 aromatic heterocycles.